The molecule has 0 radical (unpaired) electrons. The molecule has 1 atom stereocenters. The molecular weight excluding hydrogens is 302 g/mol. The molecule has 0 amide bonds. The van der Waals surface area contributed by atoms with Gasteiger partial charge in [0.15, 0.2) is 0 Å². The smallest absolute Gasteiger partial charge is 0.119 e. The first-order valence-corrected chi connectivity index (χ1v) is 8.80. The normalized spacial score (nSPS) is 18.2. The Morgan fingerprint density at radius 1 is 1.17 bits per heavy atom. The second-order valence-corrected chi connectivity index (χ2v) is 6.69. The van der Waals surface area contributed by atoms with E-state index in [0.29, 0.717) is 6.54 Å². The van der Waals surface area contributed by atoms with Crippen LogP contribution in [0.25, 0.3) is 10.9 Å². The number of piperazine rings is 1. The Morgan fingerprint density at radius 3 is 2.46 bits per heavy atom. The zero-order valence-electron chi connectivity index (χ0n) is 15.2. The van der Waals surface area contributed by atoms with Crippen molar-refractivity contribution in [2.75, 3.05) is 46.4 Å². The van der Waals surface area contributed by atoms with Gasteiger partial charge in [-0.15, -0.1) is 0 Å². The van der Waals surface area contributed by atoms with Crippen molar-refractivity contribution in [3.05, 3.63) is 29.5 Å². The van der Waals surface area contributed by atoms with Crippen molar-refractivity contribution in [2.24, 2.45) is 7.05 Å². The zero-order chi connectivity index (χ0) is 17.3. The molecule has 0 aliphatic carbocycles. The van der Waals surface area contributed by atoms with E-state index in [0.717, 1.165) is 60.6 Å². The molecule has 3 rings (SSSR count). The van der Waals surface area contributed by atoms with Crippen molar-refractivity contribution in [1.29, 1.82) is 0 Å². The number of aliphatic hydroxyl groups is 1. The summed E-state index contributed by atoms with van der Waals surface area (Å²) in [6.07, 6.45) is -0.478. The van der Waals surface area contributed by atoms with E-state index in [4.69, 9.17) is 4.74 Å². The third-order valence-corrected chi connectivity index (χ3v) is 5.42. The number of rotatable bonds is 5. The summed E-state index contributed by atoms with van der Waals surface area (Å²) in [5, 5.41) is 12.0. The minimum absolute atomic E-state index is 0.478. The van der Waals surface area contributed by atoms with Gasteiger partial charge in [-0.05, 0) is 31.7 Å². The van der Waals surface area contributed by atoms with E-state index in [1.54, 1.807) is 7.11 Å². The molecule has 1 aromatic carbocycles. The van der Waals surface area contributed by atoms with Crippen molar-refractivity contribution < 1.29 is 9.84 Å². The lowest BCUT2D eigenvalue weighted by Gasteiger charge is -2.35. The summed E-state index contributed by atoms with van der Waals surface area (Å²) in [7, 11) is 3.74. The van der Waals surface area contributed by atoms with Crippen LogP contribution in [0.3, 0.4) is 0 Å². The van der Waals surface area contributed by atoms with Crippen molar-refractivity contribution in [2.45, 2.75) is 20.0 Å². The Kier molecular flexibility index (Phi) is 5.13. The molecule has 2 aromatic rings. The van der Waals surface area contributed by atoms with E-state index in [-0.39, 0.29) is 0 Å². The van der Waals surface area contributed by atoms with Crippen LogP contribution < -0.4 is 4.74 Å². The average Bonchev–Trinajstić information content (AvgIpc) is 2.86. The number of aryl methyl sites for hydroxylation is 1. The van der Waals surface area contributed by atoms with E-state index in [1.807, 2.05) is 12.1 Å². The monoisotopic (exact) mass is 331 g/mol. The molecule has 1 aliphatic heterocycles. The zero-order valence-corrected chi connectivity index (χ0v) is 15.2. The molecule has 0 saturated carbocycles. The van der Waals surface area contributed by atoms with Crippen LogP contribution in [0.5, 0.6) is 5.75 Å². The number of aliphatic hydroxyl groups excluding tert-OH is 1. The second kappa shape index (κ2) is 7.13. The van der Waals surface area contributed by atoms with E-state index in [1.165, 1.54) is 0 Å². The molecule has 5 heteroatoms. The Bertz CT molecular complexity index is 702. The molecule has 2 heterocycles. The van der Waals surface area contributed by atoms with Crippen LogP contribution in [0.2, 0.25) is 0 Å². The fraction of sp³-hybridized carbons (Fsp3) is 0.579. The van der Waals surface area contributed by atoms with Gasteiger partial charge in [0.1, 0.15) is 5.75 Å². The first-order chi connectivity index (χ1) is 11.5. The molecule has 1 aromatic heterocycles. The summed E-state index contributed by atoms with van der Waals surface area (Å²) in [5.74, 6) is 0.832. The number of hydrogen-bond acceptors (Lipinski definition) is 4. The molecule has 5 nitrogen and oxygen atoms in total. The largest absolute Gasteiger partial charge is 0.497 e. The van der Waals surface area contributed by atoms with Gasteiger partial charge in [0, 0.05) is 61.9 Å². The fourth-order valence-corrected chi connectivity index (χ4v) is 3.75. The number of nitrogens with zero attached hydrogens (tertiary/aromatic N) is 3. The highest BCUT2D eigenvalue weighted by atomic mass is 16.5. The number of methoxy groups -OCH3 is 1. The molecule has 1 aliphatic rings. The molecule has 24 heavy (non-hydrogen) atoms. The summed E-state index contributed by atoms with van der Waals surface area (Å²) in [6.45, 7) is 10.3. The van der Waals surface area contributed by atoms with Gasteiger partial charge in [0.2, 0.25) is 0 Å². The first-order valence-electron chi connectivity index (χ1n) is 8.80. The van der Waals surface area contributed by atoms with E-state index >= 15 is 0 Å². The molecule has 1 saturated heterocycles. The number of β-amino-alcohol motifs (C(OH)–C–C–N with tert-alkyl or cyclic N) is 1. The molecular formula is C19H29N3O2. The minimum atomic E-state index is -0.478. The SMILES string of the molecule is CCN1CCN(C[C@@H](O)c2c(C)n(C)c3ccc(OC)cc23)CC1. The van der Waals surface area contributed by atoms with Gasteiger partial charge in [-0.2, -0.15) is 0 Å². The summed E-state index contributed by atoms with van der Waals surface area (Å²) in [6, 6.07) is 6.08. The van der Waals surface area contributed by atoms with Crippen LogP contribution in [0.1, 0.15) is 24.3 Å². The highest BCUT2D eigenvalue weighted by Crippen LogP contribution is 2.33. The molecule has 0 spiro atoms. The summed E-state index contributed by atoms with van der Waals surface area (Å²) >= 11 is 0. The number of benzene rings is 1. The third kappa shape index (κ3) is 3.16. The highest BCUT2D eigenvalue weighted by molar-refractivity contribution is 5.87. The maximum Gasteiger partial charge on any atom is 0.119 e. The van der Waals surface area contributed by atoms with E-state index < -0.39 is 6.10 Å². The number of fused-ring (bicyclic) bond motifs is 1. The average molecular weight is 331 g/mol. The van der Waals surface area contributed by atoms with Gasteiger partial charge in [0.05, 0.1) is 13.2 Å². The van der Waals surface area contributed by atoms with Crippen molar-refractivity contribution in [1.82, 2.24) is 14.4 Å². The maximum atomic E-state index is 10.9. The lowest BCUT2D eigenvalue weighted by atomic mass is 10.0. The van der Waals surface area contributed by atoms with Gasteiger partial charge in [-0.3, -0.25) is 4.90 Å². The van der Waals surface area contributed by atoms with E-state index in [2.05, 4.69) is 41.3 Å². The van der Waals surface area contributed by atoms with Crippen LogP contribution in [-0.2, 0) is 7.05 Å². The molecule has 1 N–H and O–H groups in total. The van der Waals surface area contributed by atoms with Gasteiger partial charge >= 0.3 is 0 Å². The fourth-order valence-electron chi connectivity index (χ4n) is 3.75. The van der Waals surface area contributed by atoms with Crippen LogP contribution in [0.4, 0.5) is 0 Å². The molecule has 1 fully saturated rings. The number of likely N-dealkylation sites (N-methyl/N-ethyl adjacent to an activating group) is 1. The molecule has 0 bridgehead atoms. The predicted molar refractivity (Wildman–Crippen MR) is 97.7 cm³/mol. The minimum Gasteiger partial charge on any atom is -0.497 e. The first kappa shape index (κ1) is 17.3. The topological polar surface area (TPSA) is 40.9 Å². The Morgan fingerprint density at radius 2 is 1.83 bits per heavy atom. The number of ether oxygens (including phenoxy) is 1. The van der Waals surface area contributed by atoms with Crippen LogP contribution in [0.15, 0.2) is 18.2 Å². The lowest BCUT2D eigenvalue weighted by molar-refractivity contribution is 0.0747. The van der Waals surface area contributed by atoms with Crippen LogP contribution >= 0.6 is 0 Å². The van der Waals surface area contributed by atoms with Gasteiger partial charge in [-0.25, -0.2) is 0 Å². The third-order valence-electron chi connectivity index (χ3n) is 5.42. The summed E-state index contributed by atoms with van der Waals surface area (Å²) in [4.78, 5) is 4.83. The molecule has 0 unspecified atom stereocenters. The lowest BCUT2D eigenvalue weighted by Crippen LogP contribution is -2.47. The Labute approximate surface area is 144 Å². The van der Waals surface area contributed by atoms with Crippen molar-refractivity contribution in [3.63, 3.8) is 0 Å². The number of hydrogen-bond donors (Lipinski definition) is 1. The Balaban J connectivity index is 1.84. The predicted octanol–water partition coefficient (Wildman–Crippen LogP) is 2.17. The summed E-state index contributed by atoms with van der Waals surface area (Å²) in [5.41, 5.74) is 3.29. The number of aromatic nitrogens is 1. The van der Waals surface area contributed by atoms with Crippen LogP contribution in [0, 0.1) is 6.92 Å². The Hall–Kier alpha value is -1.56. The summed E-state index contributed by atoms with van der Waals surface area (Å²) < 4.78 is 7.53. The van der Waals surface area contributed by atoms with Gasteiger partial charge in [0.25, 0.3) is 0 Å². The van der Waals surface area contributed by atoms with Crippen molar-refractivity contribution >= 4 is 10.9 Å². The van der Waals surface area contributed by atoms with Gasteiger partial charge < -0.3 is 19.3 Å². The van der Waals surface area contributed by atoms with Crippen molar-refractivity contribution in [3.8, 4) is 5.75 Å². The highest BCUT2D eigenvalue weighted by Gasteiger charge is 2.23. The second-order valence-electron chi connectivity index (χ2n) is 6.69. The van der Waals surface area contributed by atoms with Gasteiger partial charge in [-0.1, -0.05) is 6.92 Å². The quantitative estimate of drug-likeness (QED) is 0.912. The van der Waals surface area contributed by atoms with E-state index in [9.17, 15) is 5.11 Å². The van der Waals surface area contributed by atoms with Crippen LogP contribution in [-0.4, -0.2) is 65.9 Å². The molecule has 132 valence electrons. The maximum absolute atomic E-state index is 10.9. The standard InChI is InChI=1S/C19H29N3O2/c1-5-21-8-10-22(11-9-21)13-18(23)19-14(2)20(3)17-7-6-15(24-4)12-16(17)19/h6-7,12,18,23H,5,8-11,13H2,1-4H3/t18-/m1/s1.